The zero-order valence-corrected chi connectivity index (χ0v) is 14.5. The monoisotopic (exact) mass is 334 g/mol. The second-order valence-corrected chi connectivity index (χ2v) is 7.06. The fourth-order valence-corrected chi connectivity index (χ4v) is 2.93. The van der Waals surface area contributed by atoms with E-state index in [2.05, 4.69) is 10.6 Å². The summed E-state index contributed by atoms with van der Waals surface area (Å²) in [6.45, 7) is 3.29. The van der Waals surface area contributed by atoms with Gasteiger partial charge in [0.05, 0.1) is 0 Å². The van der Waals surface area contributed by atoms with Crippen LogP contribution >= 0.6 is 0 Å². The van der Waals surface area contributed by atoms with E-state index in [1.54, 1.807) is 32.0 Å². The maximum atomic E-state index is 13.6. The molecule has 0 radical (unpaired) electrons. The average molecular weight is 334 g/mol. The molecule has 0 heterocycles. The molecule has 4 nitrogen and oxygen atoms in total. The molecule has 1 saturated carbocycles. The number of benzene rings is 1. The molecule has 1 aromatic carbocycles. The number of nitrogens with one attached hydrogen (secondary N) is 2. The van der Waals surface area contributed by atoms with Gasteiger partial charge < -0.3 is 10.6 Å². The number of amides is 2. The summed E-state index contributed by atoms with van der Waals surface area (Å²) in [7, 11) is 0. The van der Waals surface area contributed by atoms with Crippen molar-refractivity contribution in [2.45, 2.75) is 65.0 Å². The second-order valence-electron chi connectivity index (χ2n) is 7.06. The first-order chi connectivity index (χ1) is 11.4. The maximum absolute atomic E-state index is 13.6. The van der Waals surface area contributed by atoms with E-state index in [1.165, 1.54) is 18.9 Å². The second kappa shape index (κ2) is 8.27. The van der Waals surface area contributed by atoms with E-state index in [0.717, 1.165) is 25.7 Å². The maximum Gasteiger partial charge on any atom is 0.235 e. The summed E-state index contributed by atoms with van der Waals surface area (Å²) in [5.41, 5.74) is -0.775. The molecular weight excluding hydrogens is 307 g/mol. The molecule has 1 aromatic rings. The third-order valence-corrected chi connectivity index (χ3v) is 4.72. The third-order valence-electron chi connectivity index (χ3n) is 4.72. The Morgan fingerprint density at radius 1 is 1.08 bits per heavy atom. The largest absolute Gasteiger partial charge is 0.352 e. The summed E-state index contributed by atoms with van der Waals surface area (Å²) in [5.74, 6) is -1.02. The number of carbonyl (C=O) groups excluding carboxylic acids is 2. The van der Waals surface area contributed by atoms with Crippen molar-refractivity contribution in [1.29, 1.82) is 0 Å². The molecule has 0 spiro atoms. The summed E-state index contributed by atoms with van der Waals surface area (Å²) in [4.78, 5) is 24.9. The highest BCUT2D eigenvalue weighted by Crippen LogP contribution is 2.21. The van der Waals surface area contributed by atoms with Gasteiger partial charge >= 0.3 is 0 Å². The topological polar surface area (TPSA) is 58.2 Å². The zero-order valence-electron chi connectivity index (χ0n) is 14.5. The van der Waals surface area contributed by atoms with Crippen LogP contribution < -0.4 is 10.6 Å². The van der Waals surface area contributed by atoms with Gasteiger partial charge in [0, 0.05) is 18.2 Å². The SMILES string of the molecule is CC(C)(C(=O)NCc1ccccc1F)C(=O)NC1CCCCCC1. The quantitative estimate of drug-likeness (QED) is 0.641. The molecule has 24 heavy (non-hydrogen) atoms. The lowest BCUT2D eigenvalue weighted by Gasteiger charge is -2.26. The molecule has 0 unspecified atom stereocenters. The van der Waals surface area contributed by atoms with Crippen LogP contribution in [0.1, 0.15) is 57.9 Å². The van der Waals surface area contributed by atoms with Crippen molar-refractivity contribution in [3.05, 3.63) is 35.6 Å². The van der Waals surface area contributed by atoms with Crippen LogP contribution in [-0.4, -0.2) is 17.9 Å². The van der Waals surface area contributed by atoms with Gasteiger partial charge in [-0.2, -0.15) is 0 Å². The molecule has 0 atom stereocenters. The van der Waals surface area contributed by atoms with Crippen molar-refractivity contribution in [1.82, 2.24) is 10.6 Å². The third kappa shape index (κ3) is 4.79. The minimum atomic E-state index is -1.18. The predicted octanol–water partition coefficient (Wildman–Crippen LogP) is 3.31. The highest BCUT2D eigenvalue weighted by Gasteiger charge is 2.36. The van der Waals surface area contributed by atoms with E-state index in [-0.39, 0.29) is 24.3 Å². The molecule has 0 aromatic heterocycles. The molecular formula is C19H27FN2O2. The number of rotatable bonds is 5. The Bertz CT molecular complexity index is 578. The Hall–Kier alpha value is -1.91. The molecule has 2 rings (SSSR count). The van der Waals surface area contributed by atoms with Crippen molar-refractivity contribution in [3.63, 3.8) is 0 Å². The van der Waals surface area contributed by atoms with Gasteiger partial charge in [0.15, 0.2) is 0 Å². The van der Waals surface area contributed by atoms with Crippen LogP contribution in [0.3, 0.4) is 0 Å². The normalized spacial score (nSPS) is 16.3. The van der Waals surface area contributed by atoms with E-state index < -0.39 is 11.3 Å². The van der Waals surface area contributed by atoms with Crippen molar-refractivity contribution < 1.29 is 14.0 Å². The molecule has 1 aliphatic carbocycles. The molecule has 5 heteroatoms. The van der Waals surface area contributed by atoms with E-state index >= 15 is 0 Å². The average Bonchev–Trinajstić information content (AvgIpc) is 2.82. The fourth-order valence-electron chi connectivity index (χ4n) is 2.93. The van der Waals surface area contributed by atoms with E-state index in [9.17, 15) is 14.0 Å². The van der Waals surface area contributed by atoms with Crippen LogP contribution in [0.5, 0.6) is 0 Å². The number of carbonyl (C=O) groups is 2. The molecule has 2 amide bonds. The fraction of sp³-hybridized carbons (Fsp3) is 0.579. The number of hydrogen-bond donors (Lipinski definition) is 2. The number of hydrogen-bond acceptors (Lipinski definition) is 2. The van der Waals surface area contributed by atoms with Crippen molar-refractivity contribution in [3.8, 4) is 0 Å². The summed E-state index contributed by atoms with van der Waals surface area (Å²) in [6, 6.07) is 6.44. The first kappa shape index (κ1) is 18.4. The molecule has 132 valence electrons. The lowest BCUT2D eigenvalue weighted by atomic mass is 9.90. The standard InChI is InChI=1S/C19H27FN2O2/c1-19(2,18(24)22-15-10-5-3-4-6-11-15)17(23)21-13-14-9-7-8-12-16(14)20/h7-9,12,15H,3-6,10-11,13H2,1-2H3,(H,21,23)(H,22,24). The van der Waals surface area contributed by atoms with Gasteiger partial charge in [0.2, 0.25) is 11.8 Å². The summed E-state index contributed by atoms with van der Waals surface area (Å²) < 4.78 is 13.6. The summed E-state index contributed by atoms with van der Waals surface area (Å²) >= 11 is 0. The minimum Gasteiger partial charge on any atom is -0.352 e. The van der Waals surface area contributed by atoms with E-state index in [4.69, 9.17) is 0 Å². The van der Waals surface area contributed by atoms with Crippen LogP contribution in [0.4, 0.5) is 4.39 Å². The van der Waals surface area contributed by atoms with Crippen LogP contribution in [-0.2, 0) is 16.1 Å². The van der Waals surface area contributed by atoms with Gasteiger partial charge in [-0.1, -0.05) is 43.9 Å². The van der Waals surface area contributed by atoms with Gasteiger partial charge in [-0.3, -0.25) is 9.59 Å². The molecule has 0 bridgehead atoms. The first-order valence-electron chi connectivity index (χ1n) is 8.74. The Labute approximate surface area is 143 Å². The Balaban J connectivity index is 1.91. The highest BCUT2D eigenvalue weighted by molar-refractivity contribution is 6.04. The Kier molecular flexibility index (Phi) is 6.35. The lowest BCUT2D eigenvalue weighted by molar-refractivity contribution is -0.141. The van der Waals surface area contributed by atoms with Crippen LogP contribution in [0.2, 0.25) is 0 Å². The van der Waals surface area contributed by atoms with Crippen LogP contribution in [0.15, 0.2) is 24.3 Å². The van der Waals surface area contributed by atoms with Gasteiger partial charge in [0.25, 0.3) is 0 Å². The van der Waals surface area contributed by atoms with E-state index in [1.807, 2.05) is 0 Å². The molecule has 1 fully saturated rings. The minimum absolute atomic E-state index is 0.0750. The lowest BCUT2D eigenvalue weighted by Crippen LogP contribution is -2.50. The summed E-state index contributed by atoms with van der Waals surface area (Å²) in [5, 5.41) is 5.69. The summed E-state index contributed by atoms with van der Waals surface area (Å²) in [6.07, 6.45) is 6.59. The smallest absolute Gasteiger partial charge is 0.235 e. The van der Waals surface area contributed by atoms with Gasteiger partial charge in [-0.25, -0.2) is 4.39 Å². The highest BCUT2D eigenvalue weighted by atomic mass is 19.1. The van der Waals surface area contributed by atoms with E-state index in [0.29, 0.717) is 5.56 Å². The van der Waals surface area contributed by atoms with Gasteiger partial charge in [0.1, 0.15) is 11.2 Å². The molecule has 0 aliphatic heterocycles. The zero-order chi connectivity index (χ0) is 17.6. The molecule has 1 aliphatic rings. The van der Waals surface area contributed by atoms with Gasteiger partial charge in [-0.15, -0.1) is 0 Å². The first-order valence-corrected chi connectivity index (χ1v) is 8.74. The predicted molar refractivity (Wildman–Crippen MR) is 91.7 cm³/mol. The number of halogens is 1. The van der Waals surface area contributed by atoms with Crippen LogP contribution in [0.25, 0.3) is 0 Å². The van der Waals surface area contributed by atoms with Gasteiger partial charge in [-0.05, 0) is 32.8 Å². The molecule has 2 N–H and O–H groups in total. The van der Waals surface area contributed by atoms with Crippen LogP contribution in [0, 0.1) is 11.2 Å². The molecule has 0 saturated heterocycles. The van der Waals surface area contributed by atoms with Crippen molar-refractivity contribution in [2.24, 2.45) is 5.41 Å². The van der Waals surface area contributed by atoms with Crippen molar-refractivity contribution in [2.75, 3.05) is 0 Å². The van der Waals surface area contributed by atoms with Crippen molar-refractivity contribution >= 4 is 11.8 Å². The Morgan fingerprint density at radius 2 is 1.71 bits per heavy atom. The Morgan fingerprint density at radius 3 is 2.33 bits per heavy atom.